The van der Waals surface area contributed by atoms with E-state index in [-0.39, 0.29) is 0 Å². The molecule has 0 aliphatic heterocycles. The first-order valence-electron chi connectivity index (χ1n) is 20.7. The quantitative estimate of drug-likeness (QED) is 0.155. The predicted molar refractivity (Wildman–Crippen MR) is 266 cm³/mol. The number of rotatable bonds is 7. The van der Waals surface area contributed by atoms with Crippen molar-refractivity contribution in [3.8, 4) is 44.5 Å². The molecule has 10 aromatic carbocycles. The highest BCUT2D eigenvalue weighted by atomic mass is 32.1. The van der Waals surface area contributed by atoms with Gasteiger partial charge in [-0.05, 0) is 104 Å². The van der Waals surface area contributed by atoms with E-state index >= 15 is 0 Å². The Kier molecular flexibility index (Phi) is 8.62. The molecule has 12 rings (SSSR count). The Morgan fingerprint density at radius 2 is 0.754 bits per heavy atom. The SMILES string of the molecule is c1ccc(-c2cccc3cccc(-c4ccccc4N(c4ccc(-c5cccc6sc7ccccc7c56)cc4)c4cccc(-c5cccc6sc7ccccc7c56)c4)c23)cc1. The molecule has 61 heavy (non-hydrogen) atoms. The Morgan fingerprint density at radius 1 is 0.279 bits per heavy atom. The third-order valence-electron chi connectivity index (χ3n) is 12.1. The Bertz CT molecular complexity index is 3590. The number of benzene rings is 10. The van der Waals surface area contributed by atoms with E-state index < -0.39 is 0 Å². The van der Waals surface area contributed by atoms with Crippen LogP contribution in [-0.2, 0) is 0 Å². The van der Waals surface area contributed by atoms with Crippen LogP contribution in [-0.4, -0.2) is 0 Å². The summed E-state index contributed by atoms with van der Waals surface area (Å²) in [7, 11) is 0. The second-order valence-electron chi connectivity index (χ2n) is 15.6. The van der Waals surface area contributed by atoms with Crippen molar-refractivity contribution in [2.45, 2.75) is 0 Å². The first-order chi connectivity index (χ1) is 30.3. The molecular weight excluding hydrogens is 775 g/mol. The molecule has 2 heterocycles. The van der Waals surface area contributed by atoms with Gasteiger partial charge in [0.15, 0.2) is 0 Å². The fourth-order valence-electron chi connectivity index (χ4n) is 9.38. The van der Waals surface area contributed by atoms with Crippen LogP contribution in [0, 0.1) is 0 Å². The maximum absolute atomic E-state index is 2.46. The summed E-state index contributed by atoms with van der Waals surface area (Å²) in [6.45, 7) is 0. The molecule has 0 saturated heterocycles. The van der Waals surface area contributed by atoms with Crippen molar-refractivity contribution >= 4 is 90.9 Å². The van der Waals surface area contributed by atoms with Gasteiger partial charge in [-0.3, -0.25) is 0 Å². The Hall–Kier alpha value is -7.30. The smallest absolute Gasteiger partial charge is 0.0540 e. The summed E-state index contributed by atoms with van der Waals surface area (Å²) >= 11 is 3.73. The maximum atomic E-state index is 2.46. The maximum Gasteiger partial charge on any atom is 0.0540 e. The number of para-hydroxylation sites is 1. The van der Waals surface area contributed by atoms with Crippen molar-refractivity contribution in [1.29, 1.82) is 0 Å². The zero-order chi connectivity index (χ0) is 40.3. The highest BCUT2D eigenvalue weighted by Gasteiger charge is 2.21. The van der Waals surface area contributed by atoms with Crippen molar-refractivity contribution in [1.82, 2.24) is 0 Å². The van der Waals surface area contributed by atoms with Crippen molar-refractivity contribution in [2.75, 3.05) is 4.90 Å². The average molecular weight is 812 g/mol. The number of hydrogen-bond donors (Lipinski definition) is 0. The van der Waals surface area contributed by atoms with Crippen LogP contribution in [0.5, 0.6) is 0 Å². The molecule has 0 aliphatic rings. The highest BCUT2D eigenvalue weighted by Crippen LogP contribution is 2.47. The lowest BCUT2D eigenvalue weighted by molar-refractivity contribution is 1.28. The fraction of sp³-hybridized carbons (Fsp3) is 0. The minimum absolute atomic E-state index is 1.10. The van der Waals surface area contributed by atoms with Crippen LogP contribution >= 0.6 is 22.7 Å². The summed E-state index contributed by atoms with van der Waals surface area (Å²) in [6.07, 6.45) is 0. The summed E-state index contributed by atoms with van der Waals surface area (Å²) < 4.78 is 5.25. The lowest BCUT2D eigenvalue weighted by atomic mass is 9.90. The van der Waals surface area contributed by atoms with Gasteiger partial charge in [-0.25, -0.2) is 0 Å². The molecule has 286 valence electrons. The Morgan fingerprint density at radius 3 is 1.44 bits per heavy atom. The minimum Gasteiger partial charge on any atom is -0.310 e. The van der Waals surface area contributed by atoms with Crippen molar-refractivity contribution in [3.63, 3.8) is 0 Å². The van der Waals surface area contributed by atoms with E-state index in [9.17, 15) is 0 Å². The average Bonchev–Trinajstić information content (AvgIpc) is 3.91. The van der Waals surface area contributed by atoms with Gasteiger partial charge < -0.3 is 4.90 Å². The minimum atomic E-state index is 1.10. The summed E-state index contributed by atoms with van der Waals surface area (Å²) in [5, 5.41) is 7.73. The van der Waals surface area contributed by atoms with Gasteiger partial charge in [-0.15, -0.1) is 22.7 Å². The van der Waals surface area contributed by atoms with Gasteiger partial charge in [0.25, 0.3) is 0 Å². The molecule has 0 aliphatic carbocycles. The van der Waals surface area contributed by atoms with Crippen LogP contribution < -0.4 is 4.90 Å². The summed E-state index contributed by atoms with van der Waals surface area (Å²) in [4.78, 5) is 2.46. The van der Waals surface area contributed by atoms with E-state index in [1.165, 1.54) is 95.6 Å². The summed E-state index contributed by atoms with van der Waals surface area (Å²) in [5.74, 6) is 0. The predicted octanol–water partition coefficient (Wildman–Crippen LogP) is 17.7. The van der Waals surface area contributed by atoms with Gasteiger partial charge in [0, 0.05) is 57.3 Å². The van der Waals surface area contributed by atoms with E-state index in [4.69, 9.17) is 0 Å². The number of hydrogen-bond acceptors (Lipinski definition) is 3. The number of thiophene rings is 2. The zero-order valence-corrected chi connectivity index (χ0v) is 34.8. The van der Waals surface area contributed by atoms with Gasteiger partial charge in [0.05, 0.1) is 5.69 Å². The normalized spacial score (nSPS) is 11.6. The summed E-state index contributed by atoms with van der Waals surface area (Å²) in [6, 6.07) is 82.5. The van der Waals surface area contributed by atoms with Gasteiger partial charge >= 0.3 is 0 Å². The van der Waals surface area contributed by atoms with Gasteiger partial charge in [0.1, 0.15) is 0 Å². The molecule has 0 saturated carbocycles. The van der Waals surface area contributed by atoms with Gasteiger partial charge in [-0.2, -0.15) is 0 Å². The Balaban J connectivity index is 1.07. The molecule has 0 radical (unpaired) electrons. The standard InChI is InChI=1S/C58H37NS2/c1-2-15-38(16-3-1)44-24-11-17-40-18-12-27-48(56(40)44)47-21-4-7-28-51(47)59(42-35-33-39(34-36-42)45-25-13-31-54-57(45)49-22-5-8-29-52(49)60-54)43-20-10-19-41(37-43)46-26-14-32-55-58(46)50-23-6-9-30-53(50)61-55/h1-37H. The van der Waals surface area contributed by atoms with Crippen LogP contribution in [0.25, 0.3) is 95.6 Å². The van der Waals surface area contributed by atoms with E-state index in [2.05, 4.69) is 229 Å². The molecule has 0 bridgehead atoms. The topological polar surface area (TPSA) is 3.24 Å². The second-order valence-corrected chi connectivity index (χ2v) is 17.7. The largest absolute Gasteiger partial charge is 0.310 e. The van der Waals surface area contributed by atoms with E-state index in [0.717, 1.165) is 17.1 Å². The number of fused-ring (bicyclic) bond motifs is 7. The molecule has 1 nitrogen and oxygen atoms in total. The summed E-state index contributed by atoms with van der Waals surface area (Å²) in [5.41, 5.74) is 13.0. The molecule has 0 spiro atoms. The fourth-order valence-corrected chi connectivity index (χ4v) is 11.6. The van der Waals surface area contributed by atoms with E-state index in [0.29, 0.717) is 0 Å². The molecule has 0 N–H and O–H groups in total. The molecule has 0 fully saturated rings. The van der Waals surface area contributed by atoms with Crippen LogP contribution in [0.2, 0.25) is 0 Å². The zero-order valence-electron chi connectivity index (χ0n) is 33.1. The third-order valence-corrected chi connectivity index (χ3v) is 14.4. The molecule has 0 amide bonds. The Labute approximate surface area is 362 Å². The molecule has 0 unspecified atom stereocenters. The van der Waals surface area contributed by atoms with E-state index in [1.807, 2.05) is 22.7 Å². The first-order valence-corrected chi connectivity index (χ1v) is 22.4. The third kappa shape index (κ3) is 6.04. The molecular formula is C58H37NS2. The van der Waals surface area contributed by atoms with Crippen molar-refractivity contribution < 1.29 is 0 Å². The molecule has 3 heteroatoms. The van der Waals surface area contributed by atoms with Crippen LogP contribution in [0.15, 0.2) is 224 Å². The lowest BCUT2D eigenvalue weighted by Gasteiger charge is -2.29. The van der Waals surface area contributed by atoms with E-state index in [1.54, 1.807) is 0 Å². The van der Waals surface area contributed by atoms with Crippen molar-refractivity contribution in [2.24, 2.45) is 0 Å². The molecule has 2 aromatic heterocycles. The van der Waals surface area contributed by atoms with Crippen molar-refractivity contribution in [3.05, 3.63) is 224 Å². The van der Waals surface area contributed by atoms with Crippen LogP contribution in [0.4, 0.5) is 17.1 Å². The number of nitrogens with zero attached hydrogens (tertiary/aromatic N) is 1. The molecule has 12 aromatic rings. The van der Waals surface area contributed by atoms with Crippen LogP contribution in [0.1, 0.15) is 0 Å². The lowest BCUT2D eigenvalue weighted by Crippen LogP contribution is -2.11. The van der Waals surface area contributed by atoms with Crippen LogP contribution in [0.3, 0.4) is 0 Å². The van der Waals surface area contributed by atoms with Gasteiger partial charge in [0.2, 0.25) is 0 Å². The monoisotopic (exact) mass is 811 g/mol. The first kappa shape index (κ1) is 35.6. The number of anilines is 3. The second kappa shape index (κ2) is 14.8. The molecule has 0 atom stereocenters. The highest BCUT2D eigenvalue weighted by molar-refractivity contribution is 7.26. The van der Waals surface area contributed by atoms with Gasteiger partial charge in [-0.1, -0.05) is 170 Å².